The van der Waals surface area contributed by atoms with E-state index in [1.807, 2.05) is 42.5 Å². The van der Waals surface area contributed by atoms with Gasteiger partial charge in [-0.2, -0.15) is 0 Å². The Balaban J connectivity index is 1.28. The Morgan fingerprint density at radius 1 is 0.971 bits per heavy atom. The minimum atomic E-state index is -0.557. The molecule has 0 atom stereocenters. The summed E-state index contributed by atoms with van der Waals surface area (Å²) in [6, 6.07) is 25.2. The summed E-state index contributed by atoms with van der Waals surface area (Å²) in [4.78, 5) is 21.5. The summed E-state index contributed by atoms with van der Waals surface area (Å²) < 4.78 is 12.4. The molecule has 0 saturated carbocycles. The summed E-state index contributed by atoms with van der Waals surface area (Å²) in [7, 11) is 0. The lowest BCUT2D eigenvalue weighted by atomic mass is 10.2. The standard InChI is InChI=1S/C27H15Cl2IN2O3/c28-18-6-10-22(23(29)13-18)27(33)34-21-8-4-16(5-9-21)15-31-20-7-11-25-24(14-20)32-26(35-25)17-2-1-3-19(30)12-17/h1-15H. The quantitative estimate of drug-likeness (QED) is 0.0865. The van der Waals surface area contributed by atoms with Crippen molar-refractivity contribution in [1.82, 2.24) is 4.98 Å². The van der Waals surface area contributed by atoms with Gasteiger partial charge in [-0.15, -0.1) is 0 Å². The van der Waals surface area contributed by atoms with E-state index >= 15 is 0 Å². The minimum Gasteiger partial charge on any atom is -0.436 e. The smallest absolute Gasteiger partial charge is 0.345 e. The summed E-state index contributed by atoms with van der Waals surface area (Å²) in [6.07, 6.45) is 1.73. The maximum Gasteiger partial charge on any atom is 0.345 e. The number of nitrogens with zero attached hydrogens (tertiary/aromatic N) is 2. The molecule has 4 aromatic carbocycles. The van der Waals surface area contributed by atoms with Crippen LogP contribution in [0.25, 0.3) is 22.6 Å². The van der Waals surface area contributed by atoms with Gasteiger partial charge >= 0.3 is 5.97 Å². The molecule has 0 saturated heterocycles. The van der Waals surface area contributed by atoms with Gasteiger partial charge in [0.2, 0.25) is 5.89 Å². The zero-order chi connectivity index (χ0) is 24.4. The summed E-state index contributed by atoms with van der Waals surface area (Å²) in [5, 5.41) is 0.685. The molecular weight excluding hydrogens is 598 g/mol. The number of benzene rings is 4. The number of aromatic nitrogens is 1. The molecule has 8 heteroatoms. The van der Waals surface area contributed by atoms with E-state index in [1.54, 1.807) is 36.5 Å². The van der Waals surface area contributed by atoms with Crippen molar-refractivity contribution in [2.75, 3.05) is 0 Å². The van der Waals surface area contributed by atoms with E-state index in [-0.39, 0.29) is 10.6 Å². The van der Waals surface area contributed by atoms with E-state index in [1.165, 1.54) is 12.1 Å². The lowest BCUT2D eigenvalue weighted by molar-refractivity contribution is 0.0735. The number of hydrogen-bond donors (Lipinski definition) is 0. The summed E-state index contributed by atoms with van der Waals surface area (Å²) in [5.41, 5.74) is 4.19. The molecule has 0 N–H and O–H groups in total. The fourth-order valence-corrected chi connectivity index (χ4v) is 4.36. The van der Waals surface area contributed by atoms with Crippen molar-refractivity contribution in [3.05, 3.63) is 110 Å². The van der Waals surface area contributed by atoms with Gasteiger partial charge in [-0.1, -0.05) is 29.3 Å². The zero-order valence-electron chi connectivity index (χ0n) is 17.9. The molecule has 35 heavy (non-hydrogen) atoms. The van der Waals surface area contributed by atoms with Crippen LogP contribution >= 0.6 is 45.8 Å². The fraction of sp³-hybridized carbons (Fsp3) is 0. The van der Waals surface area contributed by atoms with Crippen molar-refractivity contribution in [1.29, 1.82) is 0 Å². The van der Waals surface area contributed by atoms with Crippen molar-refractivity contribution in [3.8, 4) is 17.2 Å². The first-order valence-corrected chi connectivity index (χ1v) is 12.3. The molecule has 1 heterocycles. The first-order valence-electron chi connectivity index (χ1n) is 10.4. The Hall–Kier alpha value is -3.20. The number of carbonyl (C=O) groups excluding carboxylic acids is 1. The maximum absolute atomic E-state index is 12.4. The third kappa shape index (κ3) is 5.56. The second kappa shape index (κ2) is 10.2. The second-order valence-electron chi connectivity index (χ2n) is 7.52. The van der Waals surface area contributed by atoms with Crippen LogP contribution < -0.4 is 4.74 Å². The molecule has 0 aliphatic rings. The van der Waals surface area contributed by atoms with Gasteiger partial charge in [-0.3, -0.25) is 4.99 Å². The van der Waals surface area contributed by atoms with Gasteiger partial charge in [0.05, 0.1) is 16.3 Å². The SMILES string of the molecule is O=C(Oc1ccc(C=Nc2ccc3oc(-c4cccc(I)c4)nc3c2)cc1)c1ccc(Cl)cc1Cl. The largest absolute Gasteiger partial charge is 0.436 e. The summed E-state index contributed by atoms with van der Waals surface area (Å²) in [5.74, 6) is 0.411. The highest BCUT2D eigenvalue weighted by molar-refractivity contribution is 14.1. The van der Waals surface area contributed by atoms with Gasteiger partial charge in [0.25, 0.3) is 0 Å². The average Bonchev–Trinajstić information content (AvgIpc) is 3.27. The molecule has 0 aliphatic carbocycles. The maximum atomic E-state index is 12.4. The first-order chi connectivity index (χ1) is 16.9. The van der Waals surface area contributed by atoms with Crippen LogP contribution in [0.2, 0.25) is 10.0 Å². The van der Waals surface area contributed by atoms with Gasteiger partial charge in [0.1, 0.15) is 11.3 Å². The Kier molecular flexibility index (Phi) is 6.86. The number of ether oxygens (including phenoxy) is 1. The lowest BCUT2D eigenvalue weighted by Gasteiger charge is -2.06. The van der Waals surface area contributed by atoms with Gasteiger partial charge in [0.15, 0.2) is 5.58 Å². The fourth-order valence-electron chi connectivity index (χ4n) is 3.33. The summed E-state index contributed by atoms with van der Waals surface area (Å²) >= 11 is 14.2. The molecule has 5 aromatic rings. The van der Waals surface area contributed by atoms with Crippen molar-refractivity contribution in [2.24, 2.45) is 4.99 Å². The predicted octanol–water partition coefficient (Wildman–Crippen LogP) is 8.38. The van der Waals surface area contributed by atoms with E-state index in [0.29, 0.717) is 22.2 Å². The monoisotopic (exact) mass is 612 g/mol. The summed E-state index contributed by atoms with van der Waals surface area (Å²) in [6.45, 7) is 0. The van der Waals surface area contributed by atoms with Crippen molar-refractivity contribution in [2.45, 2.75) is 0 Å². The molecule has 1 aromatic heterocycles. The zero-order valence-corrected chi connectivity index (χ0v) is 21.6. The number of rotatable bonds is 5. The number of fused-ring (bicyclic) bond motifs is 1. The van der Waals surface area contributed by atoms with E-state index in [4.69, 9.17) is 32.4 Å². The molecule has 0 aliphatic heterocycles. The van der Waals surface area contributed by atoms with Crippen LogP contribution in [0.1, 0.15) is 15.9 Å². The highest BCUT2D eigenvalue weighted by Crippen LogP contribution is 2.28. The molecule has 0 amide bonds. The topological polar surface area (TPSA) is 64.7 Å². The molecular formula is C27H15Cl2IN2O3. The van der Waals surface area contributed by atoms with Gasteiger partial charge < -0.3 is 9.15 Å². The number of aliphatic imine (C=N–C) groups is 1. The number of oxazole rings is 1. The van der Waals surface area contributed by atoms with Gasteiger partial charge in [-0.25, -0.2) is 9.78 Å². The molecule has 5 nitrogen and oxygen atoms in total. The minimum absolute atomic E-state index is 0.237. The van der Waals surface area contributed by atoms with E-state index in [0.717, 1.165) is 25.9 Å². The predicted molar refractivity (Wildman–Crippen MR) is 147 cm³/mol. The number of esters is 1. The van der Waals surface area contributed by atoms with Crippen molar-refractivity contribution in [3.63, 3.8) is 0 Å². The Labute approximate surface area is 224 Å². The van der Waals surface area contributed by atoms with E-state index in [9.17, 15) is 4.79 Å². The second-order valence-corrected chi connectivity index (χ2v) is 9.61. The van der Waals surface area contributed by atoms with Crippen LogP contribution in [-0.2, 0) is 0 Å². The molecule has 0 bridgehead atoms. The Morgan fingerprint density at radius 3 is 2.57 bits per heavy atom. The van der Waals surface area contributed by atoms with Gasteiger partial charge in [0, 0.05) is 20.4 Å². The van der Waals surface area contributed by atoms with Crippen LogP contribution in [0.3, 0.4) is 0 Å². The molecule has 5 rings (SSSR count). The number of hydrogen-bond acceptors (Lipinski definition) is 5. The van der Waals surface area contributed by atoms with Crippen LogP contribution in [0.5, 0.6) is 5.75 Å². The third-order valence-electron chi connectivity index (χ3n) is 5.05. The van der Waals surface area contributed by atoms with Crippen LogP contribution in [0.4, 0.5) is 5.69 Å². The van der Waals surface area contributed by atoms with Crippen LogP contribution in [-0.4, -0.2) is 17.2 Å². The molecule has 172 valence electrons. The molecule has 0 radical (unpaired) electrons. The average molecular weight is 613 g/mol. The van der Waals surface area contributed by atoms with Gasteiger partial charge in [-0.05, 0) is 107 Å². The lowest BCUT2D eigenvalue weighted by Crippen LogP contribution is -2.09. The van der Waals surface area contributed by atoms with E-state index < -0.39 is 5.97 Å². The van der Waals surface area contributed by atoms with E-state index in [2.05, 4.69) is 32.6 Å². The molecule has 0 unspecified atom stereocenters. The Bertz CT molecular complexity index is 1580. The molecule has 0 spiro atoms. The first kappa shape index (κ1) is 23.5. The number of carbonyl (C=O) groups is 1. The highest BCUT2D eigenvalue weighted by Gasteiger charge is 2.13. The van der Waals surface area contributed by atoms with Crippen LogP contribution in [0, 0.1) is 3.57 Å². The third-order valence-corrected chi connectivity index (χ3v) is 6.27. The van der Waals surface area contributed by atoms with Crippen LogP contribution in [0.15, 0.2) is 94.3 Å². The van der Waals surface area contributed by atoms with Crippen molar-refractivity contribution >= 4 is 74.8 Å². The molecule has 0 fully saturated rings. The Morgan fingerprint density at radius 2 is 1.80 bits per heavy atom. The number of halogens is 3. The normalized spacial score (nSPS) is 11.3. The highest BCUT2D eigenvalue weighted by atomic mass is 127. The van der Waals surface area contributed by atoms with Crippen molar-refractivity contribution < 1.29 is 13.9 Å².